The van der Waals surface area contributed by atoms with Crippen molar-refractivity contribution in [2.45, 2.75) is 45.2 Å². The number of aromatic nitrogens is 4. The van der Waals surface area contributed by atoms with Crippen LogP contribution in [0, 0.1) is 6.92 Å². The quantitative estimate of drug-likeness (QED) is 0.285. The SMILES string of the molecule is CNC(=O)c1ccc(-n2c(-n3nc(C(F)(F)F)cc3C)nc3c(c2=O)C[C@@H](C)N(C(=O)c2ccc(Br)c(C(F)(F)F)c2)C3)cc1. The molecule has 0 unspecified atom stereocenters. The minimum absolute atomic E-state index is 0.00319. The van der Waals surface area contributed by atoms with Gasteiger partial charge in [0.25, 0.3) is 17.4 Å². The van der Waals surface area contributed by atoms with E-state index in [2.05, 4.69) is 31.3 Å². The Bertz CT molecular complexity index is 1880. The minimum Gasteiger partial charge on any atom is -0.355 e. The van der Waals surface area contributed by atoms with Crippen LogP contribution in [0.25, 0.3) is 11.6 Å². The second kappa shape index (κ2) is 11.5. The van der Waals surface area contributed by atoms with E-state index in [1.807, 2.05) is 0 Å². The van der Waals surface area contributed by atoms with Crippen molar-refractivity contribution >= 4 is 27.7 Å². The molecule has 2 aromatic heterocycles. The van der Waals surface area contributed by atoms with Crippen molar-refractivity contribution in [1.29, 1.82) is 0 Å². The molecule has 4 aromatic rings. The highest BCUT2D eigenvalue weighted by Crippen LogP contribution is 2.36. The molecule has 236 valence electrons. The van der Waals surface area contributed by atoms with Gasteiger partial charge in [0, 0.05) is 39.9 Å². The predicted molar refractivity (Wildman–Crippen MR) is 152 cm³/mol. The molecule has 0 radical (unpaired) electrons. The third kappa shape index (κ3) is 5.98. The molecule has 3 heterocycles. The Morgan fingerprint density at radius 3 is 2.20 bits per heavy atom. The zero-order valence-electron chi connectivity index (χ0n) is 23.7. The van der Waals surface area contributed by atoms with Crippen LogP contribution in [0.5, 0.6) is 0 Å². The largest absolute Gasteiger partial charge is 0.435 e. The van der Waals surface area contributed by atoms with E-state index in [1.54, 1.807) is 6.92 Å². The van der Waals surface area contributed by atoms with Crippen LogP contribution in [0.2, 0.25) is 0 Å². The summed E-state index contributed by atoms with van der Waals surface area (Å²) in [6, 6.07) is 8.91. The number of halogens is 7. The number of nitrogens with zero attached hydrogens (tertiary/aromatic N) is 5. The number of fused-ring (bicyclic) bond motifs is 1. The summed E-state index contributed by atoms with van der Waals surface area (Å²) in [6.07, 6.45) is -9.58. The first kappa shape index (κ1) is 31.9. The first-order valence-electron chi connectivity index (χ1n) is 13.3. The summed E-state index contributed by atoms with van der Waals surface area (Å²) in [5.41, 5.74) is -2.50. The van der Waals surface area contributed by atoms with Gasteiger partial charge in [0.05, 0.1) is 23.5 Å². The van der Waals surface area contributed by atoms with Crippen molar-refractivity contribution in [3.63, 3.8) is 0 Å². The number of nitrogens with one attached hydrogen (secondary N) is 1. The molecule has 16 heteroatoms. The molecule has 0 aliphatic carbocycles. The Kier molecular flexibility index (Phi) is 8.14. The number of alkyl halides is 6. The molecule has 5 rings (SSSR count). The highest BCUT2D eigenvalue weighted by Gasteiger charge is 2.38. The monoisotopic (exact) mass is 696 g/mol. The van der Waals surface area contributed by atoms with Gasteiger partial charge >= 0.3 is 12.4 Å². The summed E-state index contributed by atoms with van der Waals surface area (Å²) >= 11 is 2.85. The van der Waals surface area contributed by atoms with Gasteiger partial charge in [0.1, 0.15) is 0 Å². The Morgan fingerprint density at radius 1 is 0.978 bits per heavy atom. The highest BCUT2D eigenvalue weighted by atomic mass is 79.9. The van der Waals surface area contributed by atoms with Gasteiger partial charge in [0.15, 0.2) is 5.69 Å². The second-order valence-electron chi connectivity index (χ2n) is 10.4. The standard InChI is InChI=1S/C29H23BrF6N6O3/c1-14-10-19-22(13-40(14)25(44)17-6-9-21(30)20(12-17)28(31,32)33)38-27(42-15(2)11-23(39-42)29(34,35)36)41(26(19)45)18-7-4-16(5-8-18)24(43)37-3/h4-9,11-12,14H,10,13H2,1-3H3,(H,37,43)/t14-/m1/s1. The molecule has 2 aromatic carbocycles. The van der Waals surface area contributed by atoms with E-state index in [1.165, 1.54) is 49.2 Å². The molecule has 0 spiro atoms. The lowest BCUT2D eigenvalue weighted by Crippen LogP contribution is -2.46. The fraction of sp³-hybridized carbons (Fsp3) is 0.276. The number of amides is 2. The van der Waals surface area contributed by atoms with Crippen molar-refractivity contribution in [3.05, 3.63) is 103 Å². The molecule has 1 N–H and O–H groups in total. The van der Waals surface area contributed by atoms with Gasteiger partial charge in [-0.3, -0.25) is 14.4 Å². The van der Waals surface area contributed by atoms with Gasteiger partial charge in [-0.25, -0.2) is 14.2 Å². The number of hydrogen-bond donors (Lipinski definition) is 1. The van der Waals surface area contributed by atoms with E-state index < -0.39 is 47.0 Å². The number of rotatable bonds is 4. The number of carbonyl (C=O) groups excluding carboxylic acids is 2. The smallest absolute Gasteiger partial charge is 0.355 e. The van der Waals surface area contributed by atoms with Crippen LogP contribution in [0.3, 0.4) is 0 Å². The van der Waals surface area contributed by atoms with Gasteiger partial charge in [-0.2, -0.15) is 31.4 Å². The second-order valence-corrected chi connectivity index (χ2v) is 11.2. The average molecular weight is 697 g/mol. The fourth-order valence-electron chi connectivity index (χ4n) is 5.06. The molecule has 0 saturated carbocycles. The van der Waals surface area contributed by atoms with Crippen LogP contribution < -0.4 is 10.9 Å². The van der Waals surface area contributed by atoms with Gasteiger partial charge in [-0.1, -0.05) is 15.9 Å². The fourth-order valence-corrected chi connectivity index (χ4v) is 5.53. The maximum atomic E-state index is 14.0. The highest BCUT2D eigenvalue weighted by molar-refractivity contribution is 9.10. The number of hydrogen-bond acceptors (Lipinski definition) is 5. The molecule has 45 heavy (non-hydrogen) atoms. The van der Waals surface area contributed by atoms with Gasteiger partial charge in [-0.05, 0) is 68.8 Å². The Hall–Kier alpha value is -4.47. The lowest BCUT2D eigenvalue weighted by molar-refractivity contribution is -0.141. The van der Waals surface area contributed by atoms with E-state index in [0.29, 0.717) is 0 Å². The first-order valence-corrected chi connectivity index (χ1v) is 14.1. The third-order valence-electron chi connectivity index (χ3n) is 7.36. The normalized spacial score (nSPS) is 15.2. The van der Waals surface area contributed by atoms with Crippen molar-refractivity contribution in [2.75, 3.05) is 7.05 Å². The predicted octanol–water partition coefficient (Wildman–Crippen LogP) is 5.47. The van der Waals surface area contributed by atoms with Crippen LogP contribution in [0.15, 0.2) is 57.8 Å². The molecular weight excluding hydrogens is 674 g/mol. The van der Waals surface area contributed by atoms with E-state index >= 15 is 0 Å². The molecule has 0 saturated heterocycles. The van der Waals surface area contributed by atoms with E-state index in [0.717, 1.165) is 27.4 Å². The average Bonchev–Trinajstić information content (AvgIpc) is 3.38. The summed E-state index contributed by atoms with van der Waals surface area (Å²) in [5.74, 6) is -1.47. The number of benzene rings is 2. The van der Waals surface area contributed by atoms with E-state index in [-0.39, 0.29) is 57.2 Å². The first-order chi connectivity index (χ1) is 21.0. The maximum Gasteiger partial charge on any atom is 0.435 e. The zero-order chi connectivity index (χ0) is 33.0. The third-order valence-corrected chi connectivity index (χ3v) is 8.05. The van der Waals surface area contributed by atoms with Crippen molar-refractivity contribution in [3.8, 4) is 11.6 Å². The van der Waals surface area contributed by atoms with Crippen LogP contribution in [-0.4, -0.2) is 49.1 Å². The molecule has 1 aliphatic rings. The number of aryl methyl sites for hydroxylation is 1. The molecule has 1 atom stereocenters. The molecule has 2 amide bonds. The Labute approximate surface area is 259 Å². The molecular formula is C29H23BrF6N6O3. The van der Waals surface area contributed by atoms with E-state index in [4.69, 9.17) is 0 Å². The molecule has 9 nitrogen and oxygen atoms in total. The summed E-state index contributed by atoms with van der Waals surface area (Å²) in [6.45, 7) is 2.65. The molecule has 0 fully saturated rings. The molecule has 0 bridgehead atoms. The Balaban J connectivity index is 1.65. The van der Waals surface area contributed by atoms with Crippen LogP contribution >= 0.6 is 15.9 Å². The maximum absolute atomic E-state index is 14.0. The molecule has 1 aliphatic heterocycles. The van der Waals surface area contributed by atoms with Crippen molar-refractivity contribution in [1.82, 2.24) is 29.5 Å². The summed E-state index contributed by atoms with van der Waals surface area (Å²) in [4.78, 5) is 45.3. The van der Waals surface area contributed by atoms with Crippen LogP contribution in [-0.2, 0) is 25.3 Å². The Morgan fingerprint density at radius 2 is 1.62 bits per heavy atom. The summed E-state index contributed by atoms with van der Waals surface area (Å²) < 4.78 is 83.0. The van der Waals surface area contributed by atoms with Gasteiger partial charge < -0.3 is 10.2 Å². The van der Waals surface area contributed by atoms with Crippen molar-refractivity contribution < 1.29 is 35.9 Å². The van der Waals surface area contributed by atoms with Crippen LogP contribution in [0.4, 0.5) is 26.3 Å². The minimum atomic E-state index is -4.80. The summed E-state index contributed by atoms with van der Waals surface area (Å²) in [5, 5.41) is 6.12. The number of carbonyl (C=O) groups is 2. The topological polar surface area (TPSA) is 102 Å². The van der Waals surface area contributed by atoms with E-state index in [9.17, 15) is 40.7 Å². The summed E-state index contributed by atoms with van der Waals surface area (Å²) in [7, 11) is 1.44. The van der Waals surface area contributed by atoms with Crippen molar-refractivity contribution in [2.24, 2.45) is 0 Å². The van der Waals surface area contributed by atoms with Gasteiger partial charge in [-0.15, -0.1) is 0 Å². The lowest BCUT2D eigenvalue weighted by Gasteiger charge is -2.34. The zero-order valence-corrected chi connectivity index (χ0v) is 25.3. The lowest BCUT2D eigenvalue weighted by atomic mass is 9.98. The van der Waals surface area contributed by atoms with Gasteiger partial charge in [0.2, 0.25) is 5.95 Å². The van der Waals surface area contributed by atoms with Crippen LogP contribution in [0.1, 0.15) is 55.8 Å².